The lowest BCUT2D eigenvalue weighted by molar-refractivity contribution is 0.0914. The zero-order chi connectivity index (χ0) is 9.14. The second kappa shape index (κ2) is 3.43. The van der Waals surface area contributed by atoms with Crippen LogP contribution in [0.25, 0.3) is 0 Å². The van der Waals surface area contributed by atoms with Crippen molar-refractivity contribution in [2.45, 2.75) is 26.8 Å². The van der Waals surface area contributed by atoms with Crippen molar-refractivity contribution in [3.8, 4) is 0 Å². The van der Waals surface area contributed by atoms with Crippen LogP contribution in [0.15, 0.2) is 16.5 Å². The molecule has 0 unspecified atom stereocenters. The zero-order valence-corrected chi connectivity index (χ0v) is 7.55. The van der Waals surface area contributed by atoms with Gasteiger partial charge in [-0.25, -0.2) is 0 Å². The Bertz CT molecular complexity index is 276. The van der Waals surface area contributed by atoms with Crippen LogP contribution in [-0.4, -0.2) is 11.9 Å². The van der Waals surface area contributed by atoms with E-state index in [1.807, 2.05) is 20.8 Å². The Morgan fingerprint density at radius 2 is 2.17 bits per heavy atom. The minimum absolute atomic E-state index is 0.142. The molecule has 3 heteroatoms. The van der Waals surface area contributed by atoms with E-state index < -0.39 is 0 Å². The molecular formula is C9H13NO2. The lowest BCUT2D eigenvalue weighted by Gasteiger charge is -2.04. The number of carbonyl (C=O) groups excluding carboxylic acids is 1. The smallest absolute Gasteiger partial charge is 0.287 e. The number of rotatable bonds is 2. The summed E-state index contributed by atoms with van der Waals surface area (Å²) in [4.78, 5) is 11.3. The molecule has 0 spiro atoms. The van der Waals surface area contributed by atoms with Gasteiger partial charge in [-0.05, 0) is 32.9 Å². The first kappa shape index (κ1) is 8.84. The predicted molar refractivity (Wildman–Crippen MR) is 46.0 cm³/mol. The molecule has 0 aliphatic heterocycles. The van der Waals surface area contributed by atoms with Crippen molar-refractivity contribution < 1.29 is 9.21 Å². The molecule has 1 amide bonds. The van der Waals surface area contributed by atoms with Gasteiger partial charge in [0.25, 0.3) is 5.91 Å². The van der Waals surface area contributed by atoms with Gasteiger partial charge >= 0.3 is 0 Å². The van der Waals surface area contributed by atoms with E-state index in [9.17, 15) is 4.79 Å². The quantitative estimate of drug-likeness (QED) is 0.728. The highest BCUT2D eigenvalue weighted by atomic mass is 16.3. The third-order valence-electron chi connectivity index (χ3n) is 1.38. The minimum atomic E-state index is -0.155. The van der Waals surface area contributed by atoms with Crippen LogP contribution in [0.2, 0.25) is 0 Å². The first-order valence-corrected chi connectivity index (χ1v) is 3.97. The Morgan fingerprint density at radius 1 is 1.50 bits per heavy atom. The Balaban J connectivity index is 2.65. The van der Waals surface area contributed by atoms with Gasteiger partial charge in [0, 0.05) is 6.04 Å². The minimum Gasteiger partial charge on any atom is -0.456 e. The molecule has 0 saturated carbocycles. The number of aryl methyl sites for hydroxylation is 1. The maximum atomic E-state index is 11.3. The molecule has 12 heavy (non-hydrogen) atoms. The third-order valence-corrected chi connectivity index (χ3v) is 1.38. The van der Waals surface area contributed by atoms with E-state index in [1.165, 1.54) is 0 Å². The van der Waals surface area contributed by atoms with Gasteiger partial charge in [0.1, 0.15) is 5.76 Å². The molecule has 66 valence electrons. The molecule has 0 saturated heterocycles. The van der Waals surface area contributed by atoms with E-state index in [-0.39, 0.29) is 11.9 Å². The van der Waals surface area contributed by atoms with Gasteiger partial charge in [-0.3, -0.25) is 4.79 Å². The maximum absolute atomic E-state index is 11.3. The number of furan rings is 1. The van der Waals surface area contributed by atoms with Gasteiger partial charge in [-0.1, -0.05) is 0 Å². The summed E-state index contributed by atoms with van der Waals surface area (Å²) in [7, 11) is 0. The molecule has 0 aliphatic rings. The number of nitrogens with one attached hydrogen (secondary N) is 1. The molecule has 0 atom stereocenters. The van der Waals surface area contributed by atoms with Crippen molar-refractivity contribution >= 4 is 5.91 Å². The molecular weight excluding hydrogens is 154 g/mol. The highest BCUT2D eigenvalue weighted by Crippen LogP contribution is 2.05. The molecule has 1 rings (SSSR count). The number of hydrogen-bond donors (Lipinski definition) is 1. The van der Waals surface area contributed by atoms with E-state index in [0.29, 0.717) is 5.76 Å². The SMILES string of the molecule is Cc1ccc(C(=O)NC(C)C)o1. The van der Waals surface area contributed by atoms with Gasteiger partial charge in [0.05, 0.1) is 0 Å². The zero-order valence-electron chi connectivity index (χ0n) is 7.55. The maximum Gasteiger partial charge on any atom is 0.287 e. The topological polar surface area (TPSA) is 42.2 Å². The number of carbonyl (C=O) groups is 1. The predicted octanol–water partition coefficient (Wildman–Crippen LogP) is 1.73. The first-order valence-electron chi connectivity index (χ1n) is 3.97. The Morgan fingerprint density at radius 3 is 2.58 bits per heavy atom. The normalized spacial score (nSPS) is 10.3. The van der Waals surface area contributed by atoms with Gasteiger partial charge in [0.15, 0.2) is 5.76 Å². The summed E-state index contributed by atoms with van der Waals surface area (Å²) in [5.74, 6) is 0.975. The second-order valence-corrected chi connectivity index (χ2v) is 3.04. The van der Waals surface area contributed by atoms with E-state index in [4.69, 9.17) is 4.42 Å². The van der Waals surface area contributed by atoms with Crippen molar-refractivity contribution in [2.24, 2.45) is 0 Å². The van der Waals surface area contributed by atoms with E-state index in [2.05, 4.69) is 5.32 Å². The van der Waals surface area contributed by atoms with Crippen molar-refractivity contribution in [3.63, 3.8) is 0 Å². The standard InChI is InChI=1S/C9H13NO2/c1-6(2)10-9(11)8-5-4-7(3)12-8/h4-6H,1-3H3,(H,10,11). The third kappa shape index (κ3) is 2.12. The van der Waals surface area contributed by atoms with Crippen molar-refractivity contribution in [2.75, 3.05) is 0 Å². The summed E-state index contributed by atoms with van der Waals surface area (Å²) in [5.41, 5.74) is 0. The van der Waals surface area contributed by atoms with Crippen molar-refractivity contribution in [1.29, 1.82) is 0 Å². The second-order valence-electron chi connectivity index (χ2n) is 3.04. The Kier molecular flexibility index (Phi) is 2.53. The van der Waals surface area contributed by atoms with Crippen LogP contribution in [0.5, 0.6) is 0 Å². The molecule has 1 aromatic rings. The molecule has 0 fully saturated rings. The van der Waals surface area contributed by atoms with Gasteiger partial charge < -0.3 is 9.73 Å². The van der Waals surface area contributed by atoms with E-state index in [1.54, 1.807) is 12.1 Å². The summed E-state index contributed by atoms with van der Waals surface area (Å²) in [6.07, 6.45) is 0. The molecule has 0 aliphatic carbocycles. The average Bonchev–Trinajstić information content (AvgIpc) is 2.34. The van der Waals surface area contributed by atoms with Crippen LogP contribution in [0.3, 0.4) is 0 Å². The van der Waals surface area contributed by atoms with Crippen LogP contribution >= 0.6 is 0 Å². The molecule has 0 radical (unpaired) electrons. The lowest BCUT2D eigenvalue weighted by atomic mass is 10.3. The summed E-state index contributed by atoms with van der Waals surface area (Å²) >= 11 is 0. The van der Waals surface area contributed by atoms with Crippen molar-refractivity contribution in [3.05, 3.63) is 23.7 Å². The molecule has 0 bridgehead atoms. The Hall–Kier alpha value is -1.25. The van der Waals surface area contributed by atoms with Crippen LogP contribution in [0, 0.1) is 6.92 Å². The number of hydrogen-bond acceptors (Lipinski definition) is 2. The monoisotopic (exact) mass is 167 g/mol. The summed E-state index contributed by atoms with van der Waals surface area (Å²) in [5, 5.41) is 2.74. The highest BCUT2D eigenvalue weighted by Gasteiger charge is 2.09. The van der Waals surface area contributed by atoms with Gasteiger partial charge in [0.2, 0.25) is 0 Å². The molecule has 1 aromatic heterocycles. The Labute approximate surface area is 71.8 Å². The van der Waals surface area contributed by atoms with Crippen LogP contribution in [0.4, 0.5) is 0 Å². The number of amides is 1. The highest BCUT2D eigenvalue weighted by molar-refractivity contribution is 5.91. The van der Waals surface area contributed by atoms with Gasteiger partial charge in [-0.2, -0.15) is 0 Å². The van der Waals surface area contributed by atoms with Gasteiger partial charge in [-0.15, -0.1) is 0 Å². The largest absolute Gasteiger partial charge is 0.456 e. The molecule has 1 N–H and O–H groups in total. The average molecular weight is 167 g/mol. The van der Waals surface area contributed by atoms with Crippen LogP contribution < -0.4 is 5.32 Å². The fourth-order valence-electron chi connectivity index (χ4n) is 0.890. The molecule has 0 aromatic carbocycles. The summed E-state index contributed by atoms with van der Waals surface area (Å²) in [6, 6.07) is 3.59. The fourth-order valence-corrected chi connectivity index (χ4v) is 0.890. The molecule has 3 nitrogen and oxygen atoms in total. The lowest BCUT2D eigenvalue weighted by Crippen LogP contribution is -2.29. The fraction of sp³-hybridized carbons (Fsp3) is 0.444. The summed E-state index contributed by atoms with van der Waals surface area (Å²) in [6.45, 7) is 5.63. The van der Waals surface area contributed by atoms with Crippen LogP contribution in [0.1, 0.15) is 30.2 Å². The summed E-state index contributed by atoms with van der Waals surface area (Å²) < 4.78 is 5.13. The van der Waals surface area contributed by atoms with Crippen LogP contribution in [-0.2, 0) is 0 Å². The van der Waals surface area contributed by atoms with Crippen molar-refractivity contribution in [1.82, 2.24) is 5.32 Å². The first-order chi connectivity index (χ1) is 5.59. The molecule has 1 heterocycles. The van der Waals surface area contributed by atoms with E-state index in [0.717, 1.165) is 5.76 Å². The van der Waals surface area contributed by atoms with E-state index >= 15 is 0 Å².